The largest absolute Gasteiger partial charge is 0.441 e. The lowest BCUT2D eigenvalue weighted by Crippen LogP contribution is -2.17. The first-order chi connectivity index (χ1) is 8.60. The molecule has 18 heavy (non-hydrogen) atoms. The van der Waals surface area contributed by atoms with E-state index in [2.05, 4.69) is 10.3 Å². The van der Waals surface area contributed by atoms with Gasteiger partial charge in [-0.15, -0.1) is 0 Å². The molecule has 0 aliphatic carbocycles. The van der Waals surface area contributed by atoms with Crippen molar-refractivity contribution in [3.8, 4) is 0 Å². The van der Waals surface area contributed by atoms with Crippen molar-refractivity contribution >= 4 is 16.9 Å². The van der Waals surface area contributed by atoms with E-state index in [9.17, 15) is 4.79 Å². The Kier molecular flexibility index (Phi) is 3.77. The van der Waals surface area contributed by atoms with Crippen LogP contribution in [0.1, 0.15) is 37.3 Å². The van der Waals surface area contributed by atoms with E-state index in [4.69, 9.17) is 4.42 Å². The predicted octanol–water partition coefficient (Wildman–Crippen LogP) is 2.77. The summed E-state index contributed by atoms with van der Waals surface area (Å²) in [5.41, 5.74) is 2.81. The van der Waals surface area contributed by atoms with Crippen LogP contribution in [-0.2, 0) is 4.79 Å². The van der Waals surface area contributed by atoms with Crippen molar-refractivity contribution in [3.63, 3.8) is 0 Å². The fraction of sp³-hybridized carbons (Fsp3) is 0.429. The number of carbonyl (C=O) groups excluding carboxylic acids is 1. The smallest absolute Gasteiger partial charge is 0.192 e. The molecule has 0 saturated carbocycles. The van der Waals surface area contributed by atoms with Crippen molar-refractivity contribution in [1.29, 1.82) is 0 Å². The highest BCUT2D eigenvalue weighted by Crippen LogP contribution is 2.23. The molecule has 0 saturated heterocycles. The number of aryl methyl sites for hydroxylation is 1. The molecule has 0 aliphatic heterocycles. The zero-order chi connectivity index (χ0) is 13.1. The van der Waals surface area contributed by atoms with E-state index in [1.54, 1.807) is 6.92 Å². The van der Waals surface area contributed by atoms with Crippen molar-refractivity contribution in [2.45, 2.75) is 32.7 Å². The number of ketones is 1. The lowest BCUT2D eigenvalue weighted by Gasteiger charge is -2.15. The Hall–Kier alpha value is -1.68. The fourth-order valence-electron chi connectivity index (χ4n) is 2.10. The standard InChI is InChI=1S/C14H18N2O2/c1-9(17)4-6-12(15-3)11-5-7-14-13(8-11)16-10(2)18-14/h5,7-8,12,15H,4,6H2,1-3H3. The molecule has 0 bridgehead atoms. The molecule has 0 amide bonds. The zero-order valence-electron chi connectivity index (χ0n) is 11.0. The average molecular weight is 246 g/mol. The highest BCUT2D eigenvalue weighted by molar-refractivity contribution is 5.75. The normalized spacial score (nSPS) is 12.8. The van der Waals surface area contributed by atoms with Crippen LogP contribution in [0.5, 0.6) is 0 Å². The SMILES string of the molecule is CNC(CCC(C)=O)c1ccc2oc(C)nc2c1. The minimum Gasteiger partial charge on any atom is -0.441 e. The molecule has 0 spiro atoms. The van der Waals surface area contributed by atoms with Gasteiger partial charge >= 0.3 is 0 Å². The van der Waals surface area contributed by atoms with E-state index in [0.29, 0.717) is 12.3 Å². The molecule has 1 aromatic heterocycles. The second-order valence-corrected chi connectivity index (χ2v) is 4.54. The first-order valence-electron chi connectivity index (χ1n) is 6.14. The van der Waals surface area contributed by atoms with Gasteiger partial charge in [-0.2, -0.15) is 0 Å². The Morgan fingerprint density at radius 3 is 2.94 bits per heavy atom. The number of oxazole rings is 1. The molecule has 1 atom stereocenters. The topological polar surface area (TPSA) is 55.1 Å². The first-order valence-corrected chi connectivity index (χ1v) is 6.14. The van der Waals surface area contributed by atoms with Crippen LogP contribution in [0.15, 0.2) is 22.6 Å². The van der Waals surface area contributed by atoms with Crippen LogP contribution in [0.4, 0.5) is 0 Å². The molecule has 1 unspecified atom stereocenters. The summed E-state index contributed by atoms with van der Waals surface area (Å²) in [4.78, 5) is 15.4. The van der Waals surface area contributed by atoms with Crippen LogP contribution < -0.4 is 5.32 Å². The van der Waals surface area contributed by atoms with Crippen molar-refractivity contribution in [2.75, 3.05) is 7.05 Å². The van der Waals surface area contributed by atoms with Gasteiger partial charge in [0.25, 0.3) is 0 Å². The number of Topliss-reactive ketones (excluding diaryl/α,β-unsaturated/α-hetero) is 1. The highest BCUT2D eigenvalue weighted by Gasteiger charge is 2.12. The van der Waals surface area contributed by atoms with E-state index in [0.717, 1.165) is 23.1 Å². The molecule has 2 rings (SSSR count). The number of fused-ring (bicyclic) bond motifs is 1. The molecular formula is C14H18N2O2. The summed E-state index contributed by atoms with van der Waals surface area (Å²) in [6, 6.07) is 6.15. The maximum absolute atomic E-state index is 11.1. The zero-order valence-corrected chi connectivity index (χ0v) is 11.0. The van der Waals surface area contributed by atoms with E-state index < -0.39 is 0 Å². The molecule has 96 valence electrons. The second-order valence-electron chi connectivity index (χ2n) is 4.54. The molecule has 0 radical (unpaired) electrons. The molecule has 0 fully saturated rings. The van der Waals surface area contributed by atoms with Crippen LogP contribution in [0.2, 0.25) is 0 Å². The van der Waals surface area contributed by atoms with Gasteiger partial charge < -0.3 is 14.5 Å². The summed E-state index contributed by atoms with van der Waals surface area (Å²) in [5.74, 6) is 0.889. The lowest BCUT2D eigenvalue weighted by atomic mass is 10.0. The number of aromatic nitrogens is 1. The van der Waals surface area contributed by atoms with Gasteiger partial charge in [-0.1, -0.05) is 6.07 Å². The van der Waals surface area contributed by atoms with Crippen LogP contribution in [0.3, 0.4) is 0 Å². The number of nitrogens with one attached hydrogen (secondary N) is 1. The van der Waals surface area contributed by atoms with Gasteiger partial charge in [0.05, 0.1) is 0 Å². The maximum Gasteiger partial charge on any atom is 0.192 e. The van der Waals surface area contributed by atoms with Crippen molar-refractivity contribution in [2.24, 2.45) is 0 Å². The van der Waals surface area contributed by atoms with Gasteiger partial charge in [-0.25, -0.2) is 4.98 Å². The molecule has 1 aromatic carbocycles. The summed E-state index contributed by atoms with van der Waals surface area (Å²) < 4.78 is 5.45. The second kappa shape index (κ2) is 5.31. The summed E-state index contributed by atoms with van der Waals surface area (Å²) in [6.45, 7) is 3.46. The summed E-state index contributed by atoms with van der Waals surface area (Å²) in [5, 5.41) is 3.23. The quantitative estimate of drug-likeness (QED) is 0.881. The number of nitrogens with zero attached hydrogens (tertiary/aromatic N) is 1. The predicted molar refractivity (Wildman–Crippen MR) is 70.5 cm³/mol. The third kappa shape index (κ3) is 2.76. The third-order valence-corrected chi connectivity index (χ3v) is 3.05. The lowest BCUT2D eigenvalue weighted by molar-refractivity contribution is -0.117. The third-order valence-electron chi connectivity index (χ3n) is 3.05. The average Bonchev–Trinajstić information content (AvgIpc) is 2.68. The Morgan fingerprint density at radius 1 is 1.50 bits per heavy atom. The number of rotatable bonds is 5. The molecule has 0 aliphatic rings. The fourth-order valence-corrected chi connectivity index (χ4v) is 2.10. The number of hydrogen-bond acceptors (Lipinski definition) is 4. The van der Waals surface area contributed by atoms with E-state index in [1.807, 2.05) is 32.2 Å². The van der Waals surface area contributed by atoms with Crippen molar-refractivity contribution < 1.29 is 9.21 Å². The highest BCUT2D eigenvalue weighted by atomic mass is 16.3. The molecule has 4 nitrogen and oxygen atoms in total. The Morgan fingerprint density at radius 2 is 2.28 bits per heavy atom. The van der Waals surface area contributed by atoms with Gasteiger partial charge in [0, 0.05) is 19.4 Å². The number of carbonyl (C=O) groups is 1. The Labute approximate surface area is 106 Å². The molecule has 1 N–H and O–H groups in total. The van der Waals surface area contributed by atoms with Crippen molar-refractivity contribution in [3.05, 3.63) is 29.7 Å². The molecule has 2 aromatic rings. The molecule has 4 heteroatoms. The van der Waals surface area contributed by atoms with Crippen LogP contribution >= 0.6 is 0 Å². The van der Waals surface area contributed by atoms with E-state index >= 15 is 0 Å². The minimum atomic E-state index is 0.176. The first kappa shape index (κ1) is 12.8. The monoisotopic (exact) mass is 246 g/mol. The van der Waals surface area contributed by atoms with Crippen LogP contribution in [0, 0.1) is 6.92 Å². The van der Waals surface area contributed by atoms with Crippen LogP contribution in [0.25, 0.3) is 11.1 Å². The summed E-state index contributed by atoms with van der Waals surface area (Å²) in [6.07, 6.45) is 1.38. The van der Waals surface area contributed by atoms with E-state index in [1.165, 1.54) is 0 Å². The van der Waals surface area contributed by atoms with Gasteiger partial charge in [0.15, 0.2) is 11.5 Å². The Bertz CT molecular complexity index is 560. The van der Waals surface area contributed by atoms with Crippen LogP contribution in [-0.4, -0.2) is 17.8 Å². The van der Waals surface area contributed by atoms with Gasteiger partial charge in [-0.05, 0) is 38.1 Å². The van der Waals surface area contributed by atoms with Gasteiger partial charge in [-0.3, -0.25) is 0 Å². The minimum absolute atomic E-state index is 0.176. The summed E-state index contributed by atoms with van der Waals surface area (Å²) >= 11 is 0. The number of benzene rings is 1. The maximum atomic E-state index is 11.1. The van der Waals surface area contributed by atoms with Crippen molar-refractivity contribution in [1.82, 2.24) is 10.3 Å². The molecule has 1 heterocycles. The van der Waals surface area contributed by atoms with Gasteiger partial charge in [0.2, 0.25) is 0 Å². The molecular weight excluding hydrogens is 228 g/mol. The number of hydrogen-bond donors (Lipinski definition) is 1. The van der Waals surface area contributed by atoms with Gasteiger partial charge in [0.1, 0.15) is 11.3 Å². The van der Waals surface area contributed by atoms with E-state index in [-0.39, 0.29) is 11.8 Å². The Balaban J connectivity index is 2.24. The summed E-state index contributed by atoms with van der Waals surface area (Å²) in [7, 11) is 1.91.